The maximum absolute atomic E-state index is 9.54. The summed E-state index contributed by atoms with van der Waals surface area (Å²) >= 11 is 3.43. The van der Waals surface area contributed by atoms with Gasteiger partial charge in [-0.25, -0.2) is 0 Å². The Kier molecular flexibility index (Phi) is 3.82. The van der Waals surface area contributed by atoms with E-state index in [0.717, 1.165) is 30.4 Å². The Morgan fingerprint density at radius 3 is 2.69 bits per heavy atom. The van der Waals surface area contributed by atoms with Crippen LogP contribution in [0.5, 0.6) is 0 Å². The summed E-state index contributed by atoms with van der Waals surface area (Å²) in [6, 6.07) is 2.09. The van der Waals surface area contributed by atoms with Crippen LogP contribution < -0.4 is 4.90 Å². The number of hydrogen-bond donors (Lipinski definition) is 1. The van der Waals surface area contributed by atoms with Crippen LogP contribution in [0.4, 0.5) is 5.69 Å². The molecule has 1 atom stereocenters. The summed E-state index contributed by atoms with van der Waals surface area (Å²) < 4.78 is 1.02. The molecular formula is C12H17BrN2O. The molecule has 1 aromatic heterocycles. The smallest absolute Gasteiger partial charge is 0.0564 e. The van der Waals surface area contributed by atoms with Crippen LogP contribution in [-0.2, 0) is 0 Å². The van der Waals surface area contributed by atoms with E-state index in [2.05, 4.69) is 31.9 Å². The Bertz CT molecular complexity index is 349. The zero-order valence-electron chi connectivity index (χ0n) is 9.43. The number of aliphatic hydroxyl groups excluding tert-OH is 1. The first-order valence-corrected chi connectivity index (χ1v) is 6.49. The third kappa shape index (κ3) is 2.74. The Morgan fingerprint density at radius 2 is 2.12 bits per heavy atom. The van der Waals surface area contributed by atoms with Gasteiger partial charge < -0.3 is 10.0 Å². The lowest BCUT2D eigenvalue weighted by atomic mass is 9.92. The quantitative estimate of drug-likeness (QED) is 0.906. The van der Waals surface area contributed by atoms with Gasteiger partial charge in [0.2, 0.25) is 0 Å². The third-order valence-corrected chi connectivity index (χ3v) is 3.71. The van der Waals surface area contributed by atoms with E-state index in [1.807, 2.05) is 13.1 Å². The Balaban J connectivity index is 1.99. The predicted molar refractivity (Wildman–Crippen MR) is 68.6 cm³/mol. The summed E-state index contributed by atoms with van der Waals surface area (Å²) in [6.07, 6.45) is 5.64. The molecule has 4 heteroatoms. The normalized spacial score (nSPS) is 19.8. The highest BCUT2D eigenvalue weighted by Gasteiger charge is 2.22. The lowest BCUT2D eigenvalue weighted by molar-refractivity contribution is 0.110. The third-order valence-electron chi connectivity index (χ3n) is 3.28. The highest BCUT2D eigenvalue weighted by Crippen LogP contribution is 2.26. The van der Waals surface area contributed by atoms with Gasteiger partial charge in [0, 0.05) is 23.8 Å². The van der Waals surface area contributed by atoms with Crippen molar-refractivity contribution in [2.75, 3.05) is 18.0 Å². The van der Waals surface area contributed by atoms with Gasteiger partial charge in [0.1, 0.15) is 0 Å². The number of hydrogen-bond acceptors (Lipinski definition) is 3. The summed E-state index contributed by atoms with van der Waals surface area (Å²) in [4.78, 5) is 6.51. The largest absolute Gasteiger partial charge is 0.393 e. The minimum Gasteiger partial charge on any atom is -0.393 e. The number of halogens is 1. The maximum Gasteiger partial charge on any atom is 0.0564 e. The van der Waals surface area contributed by atoms with Crippen molar-refractivity contribution in [3.05, 3.63) is 22.9 Å². The van der Waals surface area contributed by atoms with Crippen LogP contribution in [0, 0.1) is 5.92 Å². The van der Waals surface area contributed by atoms with Gasteiger partial charge in [-0.05, 0) is 47.7 Å². The molecule has 1 unspecified atom stereocenters. The van der Waals surface area contributed by atoms with Gasteiger partial charge in [-0.1, -0.05) is 0 Å². The molecule has 2 rings (SSSR count). The molecule has 0 saturated carbocycles. The first kappa shape index (κ1) is 11.9. The molecule has 1 saturated heterocycles. The van der Waals surface area contributed by atoms with Gasteiger partial charge in [-0.15, -0.1) is 0 Å². The Labute approximate surface area is 105 Å². The second-order valence-corrected chi connectivity index (χ2v) is 5.34. The molecule has 3 nitrogen and oxygen atoms in total. The first-order valence-electron chi connectivity index (χ1n) is 5.70. The van der Waals surface area contributed by atoms with E-state index in [0.29, 0.717) is 5.92 Å². The van der Waals surface area contributed by atoms with Gasteiger partial charge in [0.15, 0.2) is 0 Å². The van der Waals surface area contributed by atoms with Crippen LogP contribution in [0.3, 0.4) is 0 Å². The summed E-state index contributed by atoms with van der Waals surface area (Å²) in [5.74, 6) is 0.455. The van der Waals surface area contributed by atoms with Crippen LogP contribution in [-0.4, -0.2) is 29.3 Å². The van der Waals surface area contributed by atoms with Crippen LogP contribution in [0.2, 0.25) is 0 Å². The van der Waals surface area contributed by atoms with Crippen LogP contribution in [0.1, 0.15) is 19.8 Å². The summed E-state index contributed by atoms with van der Waals surface area (Å²) in [5.41, 5.74) is 1.17. The molecule has 2 heterocycles. The molecule has 1 fully saturated rings. The number of aromatic nitrogens is 1. The molecule has 0 aliphatic carbocycles. The molecule has 0 radical (unpaired) electrons. The van der Waals surface area contributed by atoms with Crippen LogP contribution >= 0.6 is 15.9 Å². The number of piperidine rings is 1. The predicted octanol–water partition coefficient (Wildman–Crippen LogP) is 2.44. The zero-order chi connectivity index (χ0) is 11.5. The fourth-order valence-corrected chi connectivity index (χ4v) is 2.57. The molecule has 0 spiro atoms. The molecule has 1 N–H and O–H groups in total. The SMILES string of the molecule is CC(O)C1CCN(c2cncc(Br)c2)CC1. The molecule has 0 bridgehead atoms. The van der Waals surface area contributed by atoms with Crippen molar-refractivity contribution in [1.29, 1.82) is 0 Å². The van der Waals surface area contributed by atoms with Crippen LogP contribution in [0.15, 0.2) is 22.9 Å². The molecule has 1 aromatic rings. The zero-order valence-corrected chi connectivity index (χ0v) is 11.0. The van der Waals surface area contributed by atoms with Gasteiger partial charge in [0.25, 0.3) is 0 Å². The second-order valence-electron chi connectivity index (χ2n) is 4.43. The van der Waals surface area contributed by atoms with E-state index in [9.17, 15) is 5.11 Å². The molecule has 88 valence electrons. The van der Waals surface area contributed by atoms with E-state index >= 15 is 0 Å². The van der Waals surface area contributed by atoms with E-state index in [1.54, 1.807) is 6.20 Å². The van der Waals surface area contributed by atoms with Crippen molar-refractivity contribution in [2.45, 2.75) is 25.9 Å². The molecular weight excluding hydrogens is 268 g/mol. The van der Waals surface area contributed by atoms with E-state index < -0.39 is 0 Å². The summed E-state index contributed by atoms with van der Waals surface area (Å²) in [7, 11) is 0. The van der Waals surface area contributed by atoms with Gasteiger partial charge in [0.05, 0.1) is 18.0 Å². The van der Waals surface area contributed by atoms with E-state index in [-0.39, 0.29) is 6.10 Å². The van der Waals surface area contributed by atoms with Gasteiger partial charge >= 0.3 is 0 Å². The molecule has 0 amide bonds. The molecule has 16 heavy (non-hydrogen) atoms. The molecule has 1 aliphatic heterocycles. The summed E-state index contributed by atoms with van der Waals surface area (Å²) in [5, 5.41) is 9.54. The minimum atomic E-state index is -0.178. The highest BCUT2D eigenvalue weighted by molar-refractivity contribution is 9.10. The monoisotopic (exact) mass is 284 g/mol. The molecule has 0 aromatic carbocycles. The lowest BCUT2D eigenvalue weighted by Gasteiger charge is -2.34. The Hall–Kier alpha value is -0.610. The number of anilines is 1. The highest BCUT2D eigenvalue weighted by atomic mass is 79.9. The van der Waals surface area contributed by atoms with Crippen molar-refractivity contribution < 1.29 is 5.11 Å². The number of pyridine rings is 1. The minimum absolute atomic E-state index is 0.178. The number of rotatable bonds is 2. The number of nitrogens with zero attached hydrogens (tertiary/aromatic N) is 2. The first-order chi connectivity index (χ1) is 7.66. The van der Waals surface area contributed by atoms with Crippen molar-refractivity contribution >= 4 is 21.6 Å². The van der Waals surface area contributed by atoms with E-state index in [1.165, 1.54) is 5.69 Å². The van der Waals surface area contributed by atoms with Crippen LogP contribution in [0.25, 0.3) is 0 Å². The fraction of sp³-hybridized carbons (Fsp3) is 0.583. The van der Waals surface area contributed by atoms with Crippen molar-refractivity contribution in [3.63, 3.8) is 0 Å². The van der Waals surface area contributed by atoms with Crippen molar-refractivity contribution in [3.8, 4) is 0 Å². The average Bonchev–Trinajstić information content (AvgIpc) is 2.29. The maximum atomic E-state index is 9.54. The second kappa shape index (κ2) is 5.15. The Morgan fingerprint density at radius 1 is 1.44 bits per heavy atom. The fourth-order valence-electron chi connectivity index (χ4n) is 2.21. The van der Waals surface area contributed by atoms with E-state index in [4.69, 9.17) is 0 Å². The molecule has 1 aliphatic rings. The van der Waals surface area contributed by atoms with Crippen molar-refractivity contribution in [2.24, 2.45) is 5.92 Å². The van der Waals surface area contributed by atoms with Gasteiger partial charge in [-0.2, -0.15) is 0 Å². The number of aliphatic hydroxyl groups is 1. The average molecular weight is 285 g/mol. The van der Waals surface area contributed by atoms with Crippen molar-refractivity contribution in [1.82, 2.24) is 4.98 Å². The summed E-state index contributed by atoms with van der Waals surface area (Å²) in [6.45, 7) is 3.91. The standard InChI is InChI=1S/C12H17BrN2O/c1-9(16)10-2-4-15(5-3-10)12-6-11(13)7-14-8-12/h6-10,16H,2-5H2,1H3. The topological polar surface area (TPSA) is 36.4 Å². The lowest BCUT2D eigenvalue weighted by Crippen LogP contribution is -2.37. The van der Waals surface area contributed by atoms with Gasteiger partial charge in [-0.3, -0.25) is 4.98 Å².